The molecule has 1 aliphatic heterocycles. The van der Waals surface area contributed by atoms with Crippen LogP contribution >= 0.6 is 0 Å². The van der Waals surface area contributed by atoms with Gasteiger partial charge in [-0.15, -0.1) is 0 Å². The van der Waals surface area contributed by atoms with E-state index in [9.17, 15) is 9.59 Å². The number of amides is 2. The SMILES string of the molecule is CC(=Nc1ccc(CN(C)C)cc1)C1C(=O)Nc2ccc(C(=O)N(C)C)cc21. The van der Waals surface area contributed by atoms with Gasteiger partial charge in [0, 0.05) is 37.6 Å². The van der Waals surface area contributed by atoms with Crippen LogP contribution in [-0.4, -0.2) is 55.5 Å². The van der Waals surface area contributed by atoms with Crippen molar-refractivity contribution in [3.05, 3.63) is 59.2 Å². The number of benzene rings is 2. The molecule has 28 heavy (non-hydrogen) atoms. The minimum Gasteiger partial charge on any atom is -0.345 e. The number of hydrogen-bond acceptors (Lipinski definition) is 4. The highest BCUT2D eigenvalue weighted by atomic mass is 16.2. The number of carbonyl (C=O) groups excluding carboxylic acids is 2. The van der Waals surface area contributed by atoms with Crippen LogP contribution in [0.15, 0.2) is 47.5 Å². The van der Waals surface area contributed by atoms with E-state index in [2.05, 4.69) is 15.2 Å². The van der Waals surface area contributed by atoms with E-state index in [-0.39, 0.29) is 11.8 Å². The number of anilines is 1. The van der Waals surface area contributed by atoms with E-state index >= 15 is 0 Å². The Morgan fingerprint density at radius 2 is 1.75 bits per heavy atom. The van der Waals surface area contributed by atoms with Crippen molar-refractivity contribution in [2.75, 3.05) is 33.5 Å². The minimum atomic E-state index is -0.494. The average molecular weight is 378 g/mol. The summed E-state index contributed by atoms with van der Waals surface area (Å²) >= 11 is 0. The van der Waals surface area contributed by atoms with E-state index in [1.807, 2.05) is 45.3 Å². The fourth-order valence-corrected chi connectivity index (χ4v) is 3.38. The third-order valence-corrected chi connectivity index (χ3v) is 4.69. The normalized spacial score (nSPS) is 16.1. The summed E-state index contributed by atoms with van der Waals surface area (Å²) in [7, 11) is 7.48. The van der Waals surface area contributed by atoms with Gasteiger partial charge in [-0.3, -0.25) is 14.6 Å². The van der Waals surface area contributed by atoms with Crippen LogP contribution in [0.3, 0.4) is 0 Å². The molecule has 1 heterocycles. The van der Waals surface area contributed by atoms with E-state index in [1.54, 1.807) is 32.3 Å². The summed E-state index contributed by atoms with van der Waals surface area (Å²) in [5.74, 6) is -0.701. The van der Waals surface area contributed by atoms with E-state index in [0.29, 0.717) is 11.3 Å². The molecule has 6 nitrogen and oxygen atoms in total. The maximum Gasteiger partial charge on any atom is 0.253 e. The lowest BCUT2D eigenvalue weighted by atomic mass is 9.94. The Hall–Kier alpha value is -2.99. The Bertz CT molecular complexity index is 930. The summed E-state index contributed by atoms with van der Waals surface area (Å²) in [6.45, 7) is 2.72. The van der Waals surface area contributed by atoms with Gasteiger partial charge in [0.25, 0.3) is 5.91 Å². The fraction of sp³-hybridized carbons (Fsp3) is 0.318. The van der Waals surface area contributed by atoms with Crippen LogP contribution < -0.4 is 5.32 Å². The third kappa shape index (κ3) is 4.12. The van der Waals surface area contributed by atoms with Gasteiger partial charge in [0.2, 0.25) is 5.91 Å². The molecule has 0 spiro atoms. The van der Waals surface area contributed by atoms with Crippen LogP contribution in [0.4, 0.5) is 11.4 Å². The predicted molar refractivity (Wildman–Crippen MR) is 112 cm³/mol. The Kier molecular flexibility index (Phi) is 5.61. The number of carbonyl (C=O) groups is 2. The number of nitrogens with zero attached hydrogens (tertiary/aromatic N) is 3. The second-order valence-electron chi connectivity index (χ2n) is 7.58. The lowest BCUT2D eigenvalue weighted by Gasteiger charge is -2.13. The van der Waals surface area contributed by atoms with Gasteiger partial charge >= 0.3 is 0 Å². The first-order valence-electron chi connectivity index (χ1n) is 9.21. The standard InChI is InChI=1S/C22H26N4O2/c1-14(23-17-9-6-15(7-10-17)13-25(2)3)20-18-12-16(22(28)26(4)5)8-11-19(18)24-21(20)27/h6-12,20H,13H2,1-5H3,(H,24,27). The van der Waals surface area contributed by atoms with Crippen LogP contribution in [-0.2, 0) is 11.3 Å². The lowest BCUT2D eigenvalue weighted by molar-refractivity contribution is -0.115. The lowest BCUT2D eigenvalue weighted by Crippen LogP contribution is -2.22. The molecular weight excluding hydrogens is 352 g/mol. The summed E-state index contributed by atoms with van der Waals surface area (Å²) < 4.78 is 0. The van der Waals surface area contributed by atoms with Crippen molar-refractivity contribution in [3.63, 3.8) is 0 Å². The van der Waals surface area contributed by atoms with Crippen molar-refractivity contribution >= 4 is 28.9 Å². The van der Waals surface area contributed by atoms with Crippen LogP contribution in [0, 0.1) is 0 Å². The number of fused-ring (bicyclic) bond motifs is 1. The molecule has 1 N–H and O–H groups in total. The highest BCUT2D eigenvalue weighted by Gasteiger charge is 2.33. The quantitative estimate of drug-likeness (QED) is 0.812. The van der Waals surface area contributed by atoms with Crippen LogP contribution in [0.2, 0.25) is 0 Å². The monoisotopic (exact) mass is 378 g/mol. The summed E-state index contributed by atoms with van der Waals surface area (Å²) in [6.07, 6.45) is 0. The maximum absolute atomic E-state index is 12.6. The Morgan fingerprint density at radius 1 is 1.07 bits per heavy atom. The van der Waals surface area contributed by atoms with E-state index in [1.165, 1.54) is 10.5 Å². The topological polar surface area (TPSA) is 65.0 Å². The third-order valence-electron chi connectivity index (χ3n) is 4.69. The van der Waals surface area contributed by atoms with Gasteiger partial charge in [-0.25, -0.2) is 0 Å². The molecule has 0 aliphatic carbocycles. The molecule has 3 rings (SSSR count). The smallest absolute Gasteiger partial charge is 0.253 e. The molecule has 0 saturated heterocycles. The zero-order chi connectivity index (χ0) is 20.4. The van der Waals surface area contributed by atoms with E-state index < -0.39 is 5.92 Å². The zero-order valence-corrected chi connectivity index (χ0v) is 17.0. The summed E-state index contributed by atoms with van der Waals surface area (Å²) in [5, 5.41) is 2.89. The second kappa shape index (κ2) is 7.94. The molecule has 2 aromatic rings. The molecule has 0 fully saturated rings. The minimum absolute atomic E-state index is 0.0908. The van der Waals surface area contributed by atoms with Crippen LogP contribution in [0.1, 0.15) is 34.3 Å². The molecule has 0 saturated carbocycles. The van der Waals surface area contributed by atoms with Gasteiger partial charge in [-0.2, -0.15) is 0 Å². The predicted octanol–water partition coefficient (Wildman–Crippen LogP) is 3.28. The van der Waals surface area contributed by atoms with Crippen molar-refractivity contribution < 1.29 is 9.59 Å². The van der Waals surface area contributed by atoms with Gasteiger partial charge in [0.15, 0.2) is 0 Å². The number of hydrogen-bond donors (Lipinski definition) is 1. The van der Waals surface area contributed by atoms with Crippen molar-refractivity contribution in [1.29, 1.82) is 0 Å². The Balaban J connectivity index is 1.89. The number of aliphatic imine (C=N–C) groups is 1. The van der Waals surface area contributed by atoms with Crippen molar-refractivity contribution in [2.45, 2.75) is 19.4 Å². The second-order valence-corrected chi connectivity index (χ2v) is 7.58. The first-order chi connectivity index (χ1) is 13.3. The average Bonchev–Trinajstić information content (AvgIpc) is 2.97. The van der Waals surface area contributed by atoms with Gasteiger partial charge < -0.3 is 15.1 Å². The molecule has 0 bridgehead atoms. The molecule has 2 aromatic carbocycles. The Morgan fingerprint density at radius 3 is 2.36 bits per heavy atom. The maximum atomic E-state index is 12.6. The zero-order valence-electron chi connectivity index (χ0n) is 17.0. The van der Waals surface area contributed by atoms with Gasteiger partial charge in [0.1, 0.15) is 5.92 Å². The molecule has 1 atom stereocenters. The molecule has 6 heteroatoms. The van der Waals surface area contributed by atoms with Crippen molar-refractivity contribution in [3.8, 4) is 0 Å². The molecule has 2 amide bonds. The first-order valence-corrected chi connectivity index (χ1v) is 9.21. The molecule has 1 aliphatic rings. The molecule has 146 valence electrons. The number of nitrogens with one attached hydrogen (secondary N) is 1. The van der Waals surface area contributed by atoms with Crippen LogP contribution in [0.25, 0.3) is 0 Å². The van der Waals surface area contributed by atoms with Gasteiger partial charge in [-0.1, -0.05) is 12.1 Å². The number of rotatable bonds is 5. The molecule has 0 aromatic heterocycles. The Labute approximate surface area is 165 Å². The first kappa shape index (κ1) is 19.8. The highest BCUT2D eigenvalue weighted by molar-refractivity contribution is 6.18. The van der Waals surface area contributed by atoms with Crippen LogP contribution in [0.5, 0.6) is 0 Å². The summed E-state index contributed by atoms with van der Waals surface area (Å²) in [4.78, 5) is 33.1. The van der Waals surface area contributed by atoms with Gasteiger partial charge in [0.05, 0.1) is 5.69 Å². The summed E-state index contributed by atoms with van der Waals surface area (Å²) in [5.41, 5.74) is 4.81. The van der Waals surface area contributed by atoms with Crippen molar-refractivity contribution in [2.24, 2.45) is 4.99 Å². The fourth-order valence-electron chi connectivity index (χ4n) is 3.38. The summed E-state index contributed by atoms with van der Waals surface area (Å²) in [6, 6.07) is 13.3. The largest absolute Gasteiger partial charge is 0.345 e. The molecular formula is C22H26N4O2. The van der Waals surface area contributed by atoms with E-state index in [4.69, 9.17) is 0 Å². The highest BCUT2D eigenvalue weighted by Crippen LogP contribution is 2.35. The van der Waals surface area contributed by atoms with Gasteiger partial charge in [-0.05, 0) is 62.5 Å². The molecule has 0 radical (unpaired) electrons. The van der Waals surface area contributed by atoms with Crippen molar-refractivity contribution in [1.82, 2.24) is 9.80 Å². The molecule has 1 unspecified atom stereocenters. The van der Waals surface area contributed by atoms with E-state index in [0.717, 1.165) is 23.5 Å².